The van der Waals surface area contributed by atoms with E-state index in [9.17, 15) is 4.39 Å². The first-order valence-electron chi connectivity index (χ1n) is 5.84. The van der Waals surface area contributed by atoms with Gasteiger partial charge in [-0.05, 0) is 37.1 Å². The van der Waals surface area contributed by atoms with Gasteiger partial charge in [0.25, 0.3) is 0 Å². The Balaban J connectivity index is 2.22. The SMILES string of the molecule is COc1ccc(C2(CCCN)COC2)cc1F. The fourth-order valence-corrected chi connectivity index (χ4v) is 2.24. The maximum Gasteiger partial charge on any atom is 0.165 e. The highest BCUT2D eigenvalue weighted by atomic mass is 19.1. The monoisotopic (exact) mass is 239 g/mol. The number of methoxy groups -OCH3 is 1. The lowest BCUT2D eigenvalue weighted by Gasteiger charge is -2.42. The molecule has 0 radical (unpaired) electrons. The predicted molar refractivity (Wildman–Crippen MR) is 63.7 cm³/mol. The molecule has 1 fully saturated rings. The average molecular weight is 239 g/mol. The summed E-state index contributed by atoms with van der Waals surface area (Å²) < 4.78 is 23.9. The molecule has 0 unspecified atom stereocenters. The van der Waals surface area contributed by atoms with Gasteiger partial charge >= 0.3 is 0 Å². The molecule has 94 valence electrons. The molecule has 1 aromatic carbocycles. The lowest BCUT2D eigenvalue weighted by Crippen LogP contribution is -2.47. The Labute approximate surface area is 101 Å². The topological polar surface area (TPSA) is 44.5 Å². The molecule has 0 aromatic heterocycles. The Bertz CT molecular complexity index is 391. The van der Waals surface area contributed by atoms with E-state index < -0.39 is 0 Å². The normalized spacial score (nSPS) is 17.6. The Kier molecular flexibility index (Phi) is 3.64. The minimum Gasteiger partial charge on any atom is -0.494 e. The Morgan fingerprint density at radius 1 is 1.47 bits per heavy atom. The molecule has 2 N–H and O–H groups in total. The van der Waals surface area contributed by atoms with Crippen LogP contribution < -0.4 is 10.5 Å². The lowest BCUT2D eigenvalue weighted by atomic mass is 9.75. The molecule has 1 saturated heterocycles. The van der Waals surface area contributed by atoms with Crippen LogP contribution in [0.15, 0.2) is 18.2 Å². The van der Waals surface area contributed by atoms with E-state index in [0.29, 0.717) is 19.8 Å². The van der Waals surface area contributed by atoms with E-state index in [1.807, 2.05) is 6.07 Å². The summed E-state index contributed by atoms with van der Waals surface area (Å²) in [6.45, 7) is 1.96. The summed E-state index contributed by atoms with van der Waals surface area (Å²) in [5.74, 6) is -0.0352. The number of rotatable bonds is 5. The van der Waals surface area contributed by atoms with Crippen LogP contribution in [0.1, 0.15) is 18.4 Å². The summed E-state index contributed by atoms with van der Waals surface area (Å²) in [6, 6.07) is 5.14. The highest BCUT2D eigenvalue weighted by Gasteiger charge is 2.39. The zero-order valence-corrected chi connectivity index (χ0v) is 10.0. The second-order valence-electron chi connectivity index (χ2n) is 4.51. The van der Waals surface area contributed by atoms with Gasteiger partial charge in [-0.25, -0.2) is 4.39 Å². The Morgan fingerprint density at radius 2 is 2.24 bits per heavy atom. The second kappa shape index (κ2) is 5.02. The standard InChI is InChI=1S/C13H18FNO2/c1-16-12-4-3-10(7-11(12)14)13(5-2-6-15)8-17-9-13/h3-4,7H,2,5-6,8-9,15H2,1H3. The van der Waals surface area contributed by atoms with Gasteiger partial charge in [0.1, 0.15) is 0 Å². The van der Waals surface area contributed by atoms with E-state index in [0.717, 1.165) is 18.4 Å². The van der Waals surface area contributed by atoms with Crippen molar-refractivity contribution in [3.63, 3.8) is 0 Å². The molecular weight excluding hydrogens is 221 g/mol. The van der Waals surface area contributed by atoms with Crippen molar-refractivity contribution in [3.05, 3.63) is 29.6 Å². The van der Waals surface area contributed by atoms with Crippen LogP contribution in [0.5, 0.6) is 5.75 Å². The van der Waals surface area contributed by atoms with Crippen molar-refractivity contribution in [2.24, 2.45) is 5.73 Å². The van der Waals surface area contributed by atoms with Gasteiger partial charge in [0.15, 0.2) is 11.6 Å². The van der Waals surface area contributed by atoms with Crippen molar-refractivity contribution in [1.29, 1.82) is 0 Å². The third-order valence-electron chi connectivity index (χ3n) is 3.38. The predicted octanol–water partition coefficient (Wildman–Crippen LogP) is 1.84. The van der Waals surface area contributed by atoms with Crippen LogP contribution in [-0.4, -0.2) is 26.9 Å². The molecule has 17 heavy (non-hydrogen) atoms. The fraction of sp³-hybridized carbons (Fsp3) is 0.538. The van der Waals surface area contributed by atoms with Gasteiger partial charge in [-0.2, -0.15) is 0 Å². The van der Waals surface area contributed by atoms with E-state index in [1.54, 1.807) is 12.1 Å². The molecule has 4 heteroatoms. The highest BCUT2D eigenvalue weighted by molar-refractivity contribution is 5.35. The highest BCUT2D eigenvalue weighted by Crippen LogP contribution is 2.38. The van der Waals surface area contributed by atoms with Crippen molar-refractivity contribution in [1.82, 2.24) is 0 Å². The first-order valence-corrected chi connectivity index (χ1v) is 5.84. The summed E-state index contributed by atoms with van der Waals surface area (Å²) in [5, 5.41) is 0. The molecule has 0 atom stereocenters. The van der Waals surface area contributed by atoms with Crippen LogP contribution in [0, 0.1) is 5.82 Å². The van der Waals surface area contributed by atoms with Gasteiger partial charge in [-0.1, -0.05) is 6.07 Å². The minimum absolute atomic E-state index is 0.0491. The number of benzene rings is 1. The molecule has 0 saturated carbocycles. The van der Waals surface area contributed by atoms with Crippen LogP contribution in [0.3, 0.4) is 0 Å². The maximum atomic E-state index is 13.7. The third kappa shape index (κ3) is 2.28. The van der Waals surface area contributed by atoms with Gasteiger partial charge < -0.3 is 15.2 Å². The molecule has 0 bridgehead atoms. The summed E-state index contributed by atoms with van der Waals surface area (Å²) in [5.41, 5.74) is 6.47. The van der Waals surface area contributed by atoms with Crippen molar-refractivity contribution >= 4 is 0 Å². The van der Waals surface area contributed by atoms with E-state index >= 15 is 0 Å². The average Bonchev–Trinajstić information content (AvgIpc) is 2.28. The Hall–Kier alpha value is -1.13. The van der Waals surface area contributed by atoms with Gasteiger partial charge in [0.2, 0.25) is 0 Å². The number of halogens is 1. The van der Waals surface area contributed by atoms with Crippen LogP contribution in [0.4, 0.5) is 4.39 Å². The minimum atomic E-state index is -0.316. The first kappa shape index (κ1) is 12.3. The zero-order chi connectivity index (χ0) is 12.3. The van der Waals surface area contributed by atoms with E-state index in [1.165, 1.54) is 7.11 Å². The molecule has 1 aliphatic heterocycles. The molecule has 2 rings (SSSR count). The van der Waals surface area contributed by atoms with Crippen LogP contribution >= 0.6 is 0 Å². The second-order valence-corrected chi connectivity index (χ2v) is 4.51. The van der Waals surface area contributed by atoms with E-state index in [4.69, 9.17) is 15.2 Å². The fourth-order valence-electron chi connectivity index (χ4n) is 2.24. The maximum absolute atomic E-state index is 13.7. The number of ether oxygens (including phenoxy) is 2. The van der Waals surface area contributed by atoms with Gasteiger partial charge in [0, 0.05) is 5.41 Å². The molecule has 0 aliphatic carbocycles. The Morgan fingerprint density at radius 3 is 2.71 bits per heavy atom. The van der Waals surface area contributed by atoms with Crippen LogP contribution in [0.25, 0.3) is 0 Å². The summed E-state index contributed by atoms with van der Waals surface area (Å²) >= 11 is 0. The molecule has 1 aromatic rings. The van der Waals surface area contributed by atoms with Gasteiger partial charge in [-0.3, -0.25) is 0 Å². The third-order valence-corrected chi connectivity index (χ3v) is 3.38. The quantitative estimate of drug-likeness (QED) is 0.852. The summed E-state index contributed by atoms with van der Waals surface area (Å²) in [7, 11) is 1.47. The van der Waals surface area contributed by atoms with Crippen molar-refractivity contribution < 1.29 is 13.9 Å². The summed E-state index contributed by atoms with van der Waals surface area (Å²) in [6.07, 6.45) is 1.87. The molecule has 3 nitrogen and oxygen atoms in total. The van der Waals surface area contributed by atoms with Gasteiger partial charge in [0.05, 0.1) is 20.3 Å². The largest absolute Gasteiger partial charge is 0.494 e. The molecule has 0 amide bonds. The molecular formula is C13H18FNO2. The van der Waals surface area contributed by atoms with Gasteiger partial charge in [-0.15, -0.1) is 0 Å². The smallest absolute Gasteiger partial charge is 0.165 e. The molecule has 0 spiro atoms. The van der Waals surface area contributed by atoms with Crippen LogP contribution in [-0.2, 0) is 10.2 Å². The first-order chi connectivity index (χ1) is 8.22. The van der Waals surface area contributed by atoms with Crippen LogP contribution in [0.2, 0.25) is 0 Å². The van der Waals surface area contributed by atoms with Crippen molar-refractivity contribution in [2.75, 3.05) is 26.9 Å². The summed E-state index contributed by atoms with van der Waals surface area (Å²) in [4.78, 5) is 0. The molecule has 1 aliphatic rings. The van der Waals surface area contributed by atoms with E-state index in [2.05, 4.69) is 0 Å². The number of hydrogen-bond acceptors (Lipinski definition) is 3. The number of nitrogens with two attached hydrogens (primary N) is 1. The molecule has 1 heterocycles. The zero-order valence-electron chi connectivity index (χ0n) is 10.0. The van der Waals surface area contributed by atoms with Crippen molar-refractivity contribution in [2.45, 2.75) is 18.3 Å². The number of hydrogen-bond donors (Lipinski definition) is 1. The van der Waals surface area contributed by atoms with Crippen molar-refractivity contribution in [3.8, 4) is 5.75 Å². The lowest BCUT2D eigenvalue weighted by molar-refractivity contribution is -0.0650. The van der Waals surface area contributed by atoms with E-state index in [-0.39, 0.29) is 17.0 Å².